The molecular formula is C21H28O3. The summed E-state index contributed by atoms with van der Waals surface area (Å²) >= 11 is 0. The number of aliphatic hydroxyl groups is 1. The molecule has 0 heterocycles. The molecule has 130 valence electrons. The molecule has 2 rings (SSSR count). The maximum Gasteiger partial charge on any atom is 0.122 e. The van der Waals surface area contributed by atoms with Crippen LogP contribution in [-0.4, -0.2) is 18.8 Å². The van der Waals surface area contributed by atoms with Gasteiger partial charge in [0.1, 0.15) is 11.5 Å². The Balaban J connectivity index is 1.94. The topological polar surface area (TPSA) is 38.7 Å². The summed E-state index contributed by atoms with van der Waals surface area (Å²) in [5.74, 6) is 1.81. The van der Waals surface area contributed by atoms with Crippen LogP contribution in [0.5, 0.6) is 11.5 Å². The fourth-order valence-corrected chi connectivity index (χ4v) is 2.64. The second kappa shape index (κ2) is 9.99. The van der Waals surface area contributed by atoms with E-state index in [1.807, 2.05) is 24.3 Å². The molecule has 0 bridgehead atoms. The van der Waals surface area contributed by atoms with Crippen LogP contribution in [0, 0.1) is 0 Å². The van der Waals surface area contributed by atoms with E-state index in [0.717, 1.165) is 55.8 Å². The Hall–Kier alpha value is -2.00. The molecule has 0 unspecified atom stereocenters. The van der Waals surface area contributed by atoms with Gasteiger partial charge in [0.15, 0.2) is 0 Å². The average molecular weight is 328 g/mol. The van der Waals surface area contributed by atoms with Gasteiger partial charge in [-0.2, -0.15) is 0 Å². The average Bonchev–Trinajstić information content (AvgIpc) is 2.63. The van der Waals surface area contributed by atoms with Crippen molar-refractivity contribution >= 4 is 0 Å². The molecule has 24 heavy (non-hydrogen) atoms. The van der Waals surface area contributed by atoms with E-state index < -0.39 is 0 Å². The van der Waals surface area contributed by atoms with Gasteiger partial charge in [0, 0.05) is 0 Å². The van der Waals surface area contributed by atoms with Gasteiger partial charge in [0.2, 0.25) is 0 Å². The molecule has 3 nitrogen and oxygen atoms in total. The summed E-state index contributed by atoms with van der Waals surface area (Å²) in [5, 5.41) is 9.33. The number of unbranched alkanes of at least 4 members (excludes halogenated alkanes) is 1. The summed E-state index contributed by atoms with van der Waals surface area (Å²) in [7, 11) is 1.69. The standard InChI is InChI=1S/C21H28O3/c1-3-4-14-24-21-15-18(16-22)8-11-19(21)7-5-6-17-9-12-20(23-2)13-10-17/h8-13,15,22H,3-7,14,16H2,1-2H3. The summed E-state index contributed by atoms with van der Waals surface area (Å²) in [4.78, 5) is 0. The molecule has 0 atom stereocenters. The Morgan fingerprint density at radius 3 is 2.33 bits per heavy atom. The van der Waals surface area contributed by atoms with Crippen molar-refractivity contribution in [3.05, 3.63) is 59.2 Å². The molecule has 0 amide bonds. The Bertz CT molecular complexity index is 605. The Morgan fingerprint density at radius 2 is 1.67 bits per heavy atom. The van der Waals surface area contributed by atoms with Crippen molar-refractivity contribution in [3.8, 4) is 11.5 Å². The first-order valence-corrected chi connectivity index (χ1v) is 8.75. The molecule has 0 aliphatic carbocycles. The van der Waals surface area contributed by atoms with Gasteiger partial charge < -0.3 is 14.6 Å². The SMILES string of the molecule is CCCCOc1cc(CO)ccc1CCCc1ccc(OC)cc1. The van der Waals surface area contributed by atoms with Crippen molar-refractivity contribution in [2.45, 2.75) is 45.6 Å². The molecule has 0 aliphatic heterocycles. The molecule has 0 aromatic heterocycles. The normalized spacial score (nSPS) is 10.6. The van der Waals surface area contributed by atoms with Crippen LogP contribution in [0.2, 0.25) is 0 Å². The lowest BCUT2D eigenvalue weighted by molar-refractivity contribution is 0.278. The molecule has 2 aromatic carbocycles. The molecule has 3 heteroatoms. The first-order valence-electron chi connectivity index (χ1n) is 8.75. The smallest absolute Gasteiger partial charge is 0.122 e. The molecule has 2 aromatic rings. The first kappa shape index (κ1) is 18.3. The van der Waals surface area contributed by atoms with E-state index >= 15 is 0 Å². The number of ether oxygens (including phenoxy) is 2. The first-order chi connectivity index (χ1) is 11.8. The highest BCUT2D eigenvalue weighted by molar-refractivity contribution is 5.37. The van der Waals surface area contributed by atoms with E-state index in [0.29, 0.717) is 0 Å². The molecule has 1 N–H and O–H groups in total. The molecule has 0 spiro atoms. The van der Waals surface area contributed by atoms with E-state index in [9.17, 15) is 5.11 Å². The van der Waals surface area contributed by atoms with Crippen LogP contribution in [0.4, 0.5) is 0 Å². The molecular weight excluding hydrogens is 300 g/mol. The molecule has 0 aliphatic rings. The van der Waals surface area contributed by atoms with Gasteiger partial charge in [-0.05, 0) is 60.6 Å². The highest BCUT2D eigenvalue weighted by Gasteiger charge is 2.06. The van der Waals surface area contributed by atoms with Crippen LogP contribution in [0.15, 0.2) is 42.5 Å². The predicted octanol–water partition coefficient (Wildman–Crippen LogP) is 4.54. The van der Waals surface area contributed by atoms with Crippen molar-refractivity contribution in [2.75, 3.05) is 13.7 Å². The highest BCUT2D eigenvalue weighted by Crippen LogP contribution is 2.23. The van der Waals surface area contributed by atoms with Crippen LogP contribution in [0.1, 0.15) is 42.9 Å². The number of aliphatic hydroxyl groups excluding tert-OH is 1. The van der Waals surface area contributed by atoms with E-state index in [4.69, 9.17) is 9.47 Å². The zero-order valence-electron chi connectivity index (χ0n) is 14.8. The van der Waals surface area contributed by atoms with Crippen LogP contribution >= 0.6 is 0 Å². The molecule has 0 saturated carbocycles. The van der Waals surface area contributed by atoms with Crippen LogP contribution < -0.4 is 9.47 Å². The maximum absolute atomic E-state index is 9.33. The number of methoxy groups -OCH3 is 1. The molecule has 0 saturated heterocycles. The number of hydrogen-bond acceptors (Lipinski definition) is 3. The van der Waals surface area contributed by atoms with Gasteiger partial charge in [-0.1, -0.05) is 37.6 Å². The van der Waals surface area contributed by atoms with E-state index in [1.54, 1.807) is 7.11 Å². The van der Waals surface area contributed by atoms with Gasteiger partial charge in [0.05, 0.1) is 20.3 Å². The molecule has 0 radical (unpaired) electrons. The van der Waals surface area contributed by atoms with Gasteiger partial charge in [0.25, 0.3) is 0 Å². The Labute approximate surface area is 145 Å². The van der Waals surface area contributed by atoms with Gasteiger partial charge in [-0.25, -0.2) is 0 Å². The summed E-state index contributed by atoms with van der Waals surface area (Å²) in [5.41, 5.74) is 3.44. The minimum absolute atomic E-state index is 0.0519. The van der Waals surface area contributed by atoms with E-state index in [-0.39, 0.29) is 6.61 Å². The van der Waals surface area contributed by atoms with Crippen molar-refractivity contribution in [2.24, 2.45) is 0 Å². The predicted molar refractivity (Wildman–Crippen MR) is 97.8 cm³/mol. The maximum atomic E-state index is 9.33. The zero-order valence-corrected chi connectivity index (χ0v) is 14.8. The summed E-state index contributed by atoms with van der Waals surface area (Å²) in [6.07, 6.45) is 5.23. The van der Waals surface area contributed by atoms with Gasteiger partial charge in [-0.3, -0.25) is 0 Å². The summed E-state index contributed by atoms with van der Waals surface area (Å²) < 4.78 is 11.1. The minimum atomic E-state index is 0.0519. The van der Waals surface area contributed by atoms with Crippen LogP contribution in [0.25, 0.3) is 0 Å². The number of aryl methyl sites for hydroxylation is 2. The number of benzene rings is 2. The zero-order chi connectivity index (χ0) is 17.2. The van der Waals surface area contributed by atoms with E-state index in [1.165, 1.54) is 11.1 Å². The summed E-state index contributed by atoms with van der Waals surface area (Å²) in [6.45, 7) is 2.94. The third-order valence-electron chi connectivity index (χ3n) is 4.14. The Kier molecular flexibility index (Phi) is 7.63. The third-order valence-corrected chi connectivity index (χ3v) is 4.14. The van der Waals surface area contributed by atoms with Crippen molar-refractivity contribution < 1.29 is 14.6 Å². The fraction of sp³-hybridized carbons (Fsp3) is 0.429. The fourth-order valence-electron chi connectivity index (χ4n) is 2.64. The number of hydrogen-bond donors (Lipinski definition) is 1. The highest BCUT2D eigenvalue weighted by atomic mass is 16.5. The summed E-state index contributed by atoms with van der Waals surface area (Å²) in [6, 6.07) is 14.3. The second-order valence-corrected chi connectivity index (χ2v) is 6.00. The largest absolute Gasteiger partial charge is 0.497 e. The third kappa shape index (κ3) is 5.57. The molecule has 0 fully saturated rings. The van der Waals surface area contributed by atoms with Gasteiger partial charge in [-0.15, -0.1) is 0 Å². The van der Waals surface area contributed by atoms with Crippen molar-refractivity contribution in [1.82, 2.24) is 0 Å². The van der Waals surface area contributed by atoms with E-state index in [2.05, 4.69) is 25.1 Å². The lowest BCUT2D eigenvalue weighted by atomic mass is 10.0. The Morgan fingerprint density at radius 1 is 0.917 bits per heavy atom. The monoisotopic (exact) mass is 328 g/mol. The second-order valence-electron chi connectivity index (χ2n) is 6.00. The van der Waals surface area contributed by atoms with Crippen molar-refractivity contribution in [3.63, 3.8) is 0 Å². The minimum Gasteiger partial charge on any atom is -0.497 e. The quantitative estimate of drug-likeness (QED) is 0.651. The lowest BCUT2D eigenvalue weighted by Gasteiger charge is -2.13. The van der Waals surface area contributed by atoms with Crippen molar-refractivity contribution in [1.29, 1.82) is 0 Å². The lowest BCUT2D eigenvalue weighted by Crippen LogP contribution is -2.02. The van der Waals surface area contributed by atoms with Crippen LogP contribution in [-0.2, 0) is 19.4 Å². The van der Waals surface area contributed by atoms with Crippen LogP contribution in [0.3, 0.4) is 0 Å². The van der Waals surface area contributed by atoms with Gasteiger partial charge >= 0.3 is 0 Å². The number of rotatable bonds is 10.